The van der Waals surface area contributed by atoms with Crippen LogP contribution < -0.4 is 11.1 Å². The summed E-state index contributed by atoms with van der Waals surface area (Å²) in [6, 6.07) is 10.1. The predicted octanol–water partition coefficient (Wildman–Crippen LogP) is 0.410. The Labute approximate surface area is 121 Å². The van der Waals surface area contributed by atoms with Gasteiger partial charge in [0.2, 0.25) is 0 Å². The normalized spacial score (nSPS) is 18.1. The van der Waals surface area contributed by atoms with Gasteiger partial charge in [0.15, 0.2) is 0 Å². The van der Waals surface area contributed by atoms with Gasteiger partial charge in [-0.05, 0) is 5.56 Å². The van der Waals surface area contributed by atoms with E-state index < -0.39 is 0 Å². The molecule has 20 heavy (non-hydrogen) atoms. The lowest BCUT2D eigenvalue weighted by molar-refractivity contribution is 0.0372. The molecule has 2 rings (SSSR count). The average molecular weight is 279 g/mol. The molecule has 1 aliphatic rings. The van der Waals surface area contributed by atoms with E-state index in [0.717, 1.165) is 39.4 Å². The second-order valence-corrected chi connectivity index (χ2v) is 5.02. The standard InChI is InChI=1S/C15H25N3O2/c16-15(13-20-12-14-4-2-1-3-5-14)17-6-7-18-8-10-19-11-9-18/h1-5,15,17H,6-13,16H2. The Morgan fingerprint density at radius 3 is 2.75 bits per heavy atom. The smallest absolute Gasteiger partial charge is 0.0788 e. The third kappa shape index (κ3) is 5.98. The number of rotatable bonds is 8. The summed E-state index contributed by atoms with van der Waals surface area (Å²) in [7, 11) is 0. The topological polar surface area (TPSA) is 59.8 Å². The minimum Gasteiger partial charge on any atom is -0.379 e. The van der Waals surface area contributed by atoms with Crippen LogP contribution >= 0.6 is 0 Å². The van der Waals surface area contributed by atoms with Gasteiger partial charge in [-0.1, -0.05) is 30.3 Å². The molecule has 0 spiro atoms. The number of nitrogens with zero attached hydrogens (tertiary/aromatic N) is 1. The lowest BCUT2D eigenvalue weighted by atomic mass is 10.2. The molecule has 1 unspecified atom stereocenters. The van der Waals surface area contributed by atoms with E-state index in [1.807, 2.05) is 18.2 Å². The van der Waals surface area contributed by atoms with Crippen LogP contribution in [-0.2, 0) is 16.1 Å². The van der Waals surface area contributed by atoms with Crippen molar-refractivity contribution >= 4 is 0 Å². The van der Waals surface area contributed by atoms with Gasteiger partial charge in [0, 0.05) is 26.2 Å². The second-order valence-electron chi connectivity index (χ2n) is 5.02. The zero-order valence-corrected chi connectivity index (χ0v) is 12.0. The van der Waals surface area contributed by atoms with E-state index in [1.165, 1.54) is 5.56 Å². The summed E-state index contributed by atoms with van der Waals surface area (Å²) < 4.78 is 10.9. The first-order chi connectivity index (χ1) is 9.84. The molecule has 5 nitrogen and oxygen atoms in total. The van der Waals surface area contributed by atoms with E-state index in [0.29, 0.717) is 13.2 Å². The summed E-state index contributed by atoms with van der Waals surface area (Å²) in [5.41, 5.74) is 7.15. The minimum absolute atomic E-state index is 0.111. The maximum Gasteiger partial charge on any atom is 0.0788 e. The maximum absolute atomic E-state index is 5.97. The summed E-state index contributed by atoms with van der Waals surface area (Å²) in [5.74, 6) is 0. The highest BCUT2D eigenvalue weighted by atomic mass is 16.5. The van der Waals surface area contributed by atoms with E-state index >= 15 is 0 Å². The molecule has 0 amide bonds. The summed E-state index contributed by atoms with van der Waals surface area (Å²) in [4.78, 5) is 2.38. The van der Waals surface area contributed by atoms with E-state index in [2.05, 4.69) is 22.3 Å². The average Bonchev–Trinajstić information content (AvgIpc) is 2.49. The first-order valence-electron chi connectivity index (χ1n) is 7.25. The monoisotopic (exact) mass is 279 g/mol. The molecule has 0 radical (unpaired) electrons. The number of nitrogens with two attached hydrogens (primary N) is 1. The molecule has 1 aromatic carbocycles. The third-order valence-electron chi connectivity index (χ3n) is 3.35. The molecule has 1 aromatic rings. The van der Waals surface area contributed by atoms with Crippen molar-refractivity contribution in [2.24, 2.45) is 5.73 Å². The maximum atomic E-state index is 5.97. The van der Waals surface area contributed by atoms with Crippen molar-refractivity contribution in [3.8, 4) is 0 Å². The molecular formula is C15H25N3O2. The molecular weight excluding hydrogens is 254 g/mol. The van der Waals surface area contributed by atoms with Crippen molar-refractivity contribution in [1.29, 1.82) is 0 Å². The van der Waals surface area contributed by atoms with Gasteiger partial charge in [-0.15, -0.1) is 0 Å². The van der Waals surface area contributed by atoms with Crippen molar-refractivity contribution in [3.05, 3.63) is 35.9 Å². The first kappa shape index (κ1) is 15.4. The Balaban J connectivity index is 1.50. The first-order valence-corrected chi connectivity index (χ1v) is 7.25. The van der Waals surface area contributed by atoms with E-state index in [-0.39, 0.29) is 6.17 Å². The molecule has 3 N–H and O–H groups in total. The fraction of sp³-hybridized carbons (Fsp3) is 0.600. The molecule has 112 valence electrons. The van der Waals surface area contributed by atoms with E-state index in [1.54, 1.807) is 0 Å². The van der Waals surface area contributed by atoms with Crippen LogP contribution in [0.1, 0.15) is 5.56 Å². The Kier molecular flexibility index (Phi) is 6.97. The number of hydrogen-bond donors (Lipinski definition) is 2. The summed E-state index contributed by atoms with van der Waals surface area (Å²) >= 11 is 0. The van der Waals surface area contributed by atoms with Gasteiger partial charge < -0.3 is 15.2 Å². The van der Waals surface area contributed by atoms with Gasteiger partial charge in [-0.3, -0.25) is 10.2 Å². The number of nitrogens with one attached hydrogen (secondary N) is 1. The number of hydrogen-bond acceptors (Lipinski definition) is 5. The van der Waals surface area contributed by atoms with Crippen LogP contribution in [0.4, 0.5) is 0 Å². The molecule has 0 bridgehead atoms. The highest BCUT2D eigenvalue weighted by molar-refractivity contribution is 5.13. The largest absolute Gasteiger partial charge is 0.379 e. The second kappa shape index (κ2) is 9.05. The fourth-order valence-electron chi connectivity index (χ4n) is 2.17. The summed E-state index contributed by atoms with van der Waals surface area (Å²) in [6.45, 7) is 6.74. The SMILES string of the molecule is NC(COCc1ccccc1)NCCN1CCOCC1. The van der Waals surface area contributed by atoms with Crippen LogP contribution in [0.2, 0.25) is 0 Å². The fourth-order valence-corrected chi connectivity index (χ4v) is 2.17. The van der Waals surface area contributed by atoms with Crippen LogP contribution in [0.25, 0.3) is 0 Å². The highest BCUT2D eigenvalue weighted by Gasteiger charge is 2.10. The zero-order valence-electron chi connectivity index (χ0n) is 12.0. The molecule has 0 aromatic heterocycles. The molecule has 1 atom stereocenters. The lowest BCUT2D eigenvalue weighted by Gasteiger charge is -2.27. The Morgan fingerprint density at radius 1 is 1.25 bits per heavy atom. The molecule has 1 aliphatic heterocycles. The van der Waals surface area contributed by atoms with E-state index in [4.69, 9.17) is 15.2 Å². The number of ether oxygens (including phenoxy) is 2. The van der Waals surface area contributed by atoms with Crippen molar-refractivity contribution in [1.82, 2.24) is 10.2 Å². The van der Waals surface area contributed by atoms with Crippen molar-refractivity contribution in [2.75, 3.05) is 46.0 Å². The van der Waals surface area contributed by atoms with E-state index in [9.17, 15) is 0 Å². The van der Waals surface area contributed by atoms with Crippen molar-refractivity contribution < 1.29 is 9.47 Å². The lowest BCUT2D eigenvalue weighted by Crippen LogP contribution is -2.46. The number of benzene rings is 1. The van der Waals surface area contributed by atoms with Crippen LogP contribution in [0.5, 0.6) is 0 Å². The van der Waals surface area contributed by atoms with Crippen LogP contribution in [0, 0.1) is 0 Å². The minimum atomic E-state index is -0.111. The van der Waals surface area contributed by atoms with Gasteiger partial charge in [0.25, 0.3) is 0 Å². The Hall–Kier alpha value is -0.980. The summed E-state index contributed by atoms with van der Waals surface area (Å²) in [6.07, 6.45) is -0.111. The van der Waals surface area contributed by atoms with Crippen molar-refractivity contribution in [3.63, 3.8) is 0 Å². The number of morpholine rings is 1. The van der Waals surface area contributed by atoms with Crippen LogP contribution in [-0.4, -0.2) is 57.1 Å². The molecule has 1 saturated heterocycles. The van der Waals surface area contributed by atoms with Gasteiger partial charge in [-0.2, -0.15) is 0 Å². The Morgan fingerprint density at radius 2 is 2.00 bits per heavy atom. The van der Waals surface area contributed by atoms with Crippen LogP contribution in [0.15, 0.2) is 30.3 Å². The third-order valence-corrected chi connectivity index (χ3v) is 3.35. The summed E-state index contributed by atoms with van der Waals surface area (Å²) in [5, 5.41) is 3.29. The van der Waals surface area contributed by atoms with Gasteiger partial charge >= 0.3 is 0 Å². The van der Waals surface area contributed by atoms with Crippen molar-refractivity contribution in [2.45, 2.75) is 12.8 Å². The van der Waals surface area contributed by atoms with Crippen LogP contribution in [0.3, 0.4) is 0 Å². The zero-order chi connectivity index (χ0) is 14.0. The molecule has 0 aliphatic carbocycles. The molecule has 1 fully saturated rings. The highest BCUT2D eigenvalue weighted by Crippen LogP contribution is 2.00. The van der Waals surface area contributed by atoms with Gasteiger partial charge in [0.1, 0.15) is 0 Å². The Bertz CT molecular complexity index is 355. The van der Waals surface area contributed by atoms with Gasteiger partial charge in [0.05, 0.1) is 32.6 Å². The molecule has 5 heteroatoms. The molecule has 1 heterocycles. The predicted molar refractivity (Wildman–Crippen MR) is 79.3 cm³/mol. The quantitative estimate of drug-likeness (QED) is 0.675. The van der Waals surface area contributed by atoms with Gasteiger partial charge in [-0.25, -0.2) is 0 Å². The molecule has 0 saturated carbocycles.